The largest absolute Gasteiger partial charge is 0.456 e. The van der Waals surface area contributed by atoms with Gasteiger partial charge in [-0.2, -0.15) is 0 Å². The fraction of sp³-hybridized carbons (Fsp3) is 0. The summed E-state index contributed by atoms with van der Waals surface area (Å²) in [5.41, 5.74) is 8.36. The first-order valence-corrected chi connectivity index (χ1v) is 18.8. The molecule has 0 atom stereocenters. The minimum Gasteiger partial charge on any atom is -0.456 e. The Morgan fingerprint density at radius 1 is 0.304 bits per heavy atom. The molecule has 0 amide bonds. The molecule has 0 aliphatic heterocycles. The average molecular weight is 716 g/mol. The minimum atomic E-state index is 0.587. The third kappa shape index (κ3) is 4.71. The number of furan rings is 2. The van der Waals surface area contributed by atoms with E-state index in [-0.39, 0.29) is 0 Å². The lowest BCUT2D eigenvalue weighted by atomic mass is 9.94. The second-order valence-corrected chi connectivity index (χ2v) is 14.3. The maximum Gasteiger partial charge on any atom is 0.164 e. The molecule has 0 unspecified atom stereocenters. The van der Waals surface area contributed by atoms with E-state index in [1.54, 1.807) is 0 Å². The standard InChI is InChI=1S/C51H29N3O2/c1-2-10-30(11-3-1)33-12-8-13-35(28-33)49-52-50(54-51(53-49)41-16-9-19-44-47(41)40-15-5-7-18-43(40)55-44)36-25-26-37-34(29-36)23-22-31-20-21-32-24-27-39-38-14-4-6-17-42(38)56-48(39)46(32)45(31)37/h1-29H. The van der Waals surface area contributed by atoms with Crippen LogP contribution >= 0.6 is 0 Å². The van der Waals surface area contributed by atoms with Gasteiger partial charge in [0.05, 0.1) is 0 Å². The Kier molecular flexibility index (Phi) is 6.56. The molecule has 3 aromatic heterocycles. The summed E-state index contributed by atoms with van der Waals surface area (Å²) >= 11 is 0. The van der Waals surface area contributed by atoms with Gasteiger partial charge in [0, 0.05) is 49.0 Å². The number of para-hydroxylation sites is 2. The van der Waals surface area contributed by atoms with Crippen molar-refractivity contribution in [2.24, 2.45) is 0 Å². The summed E-state index contributed by atoms with van der Waals surface area (Å²) in [6.45, 7) is 0. The van der Waals surface area contributed by atoms with E-state index >= 15 is 0 Å². The topological polar surface area (TPSA) is 65.0 Å². The summed E-state index contributed by atoms with van der Waals surface area (Å²) in [5.74, 6) is 1.79. The lowest BCUT2D eigenvalue weighted by molar-refractivity contribution is 0.669. The van der Waals surface area contributed by atoms with Gasteiger partial charge in [0.25, 0.3) is 0 Å². The summed E-state index contributed by atoms with van der Waals surface area (Å²) in [4.78, 5) is 15.6. The molecule has 0 N–H and O–H groups in total. The Bertz CT molecular complexity index is 3550. The van der Waals surface area contributed by atoms with Crippen LogP contribution in [-0.2, 0) is 0 Å². The van der Waals surface area contributed by atoms with Gasteiger partial charge in [-0.15, -0.1) is 0 Å². The Hall–Kier alpha value is -7.63. The summed E-state index contributed by atoms with van der Waals surface area (Å²) in [6.07, 6.45) is 0. The van der Waals surface area contributed by atoms with Gasteiger partial charge in [0.15, 0.2) is 17.5 Å². The van der Waals surface area contributed by atoms with Crippen molar-refractivity contribution in [1.29, 1.82) is 0 Å². The molecule has 5 heteroatoms. The zero-order valence-electron chi connectivity index (χ0n) is 29.9. The van der Waals surface area contributed by atoms with Crippen LogP contribution in [0.15, 0.2) is 185 Å². The first kappa shape index (κ1) is 30.8. The van der Waals surface area contributed by atoms with E-state index in [4.69, 9.17) is 23.8 Å². The van der Waals surface area contributed by atoms with Gasteiger partial charge in [0.2, 0.25) is 0 Å². The first-order chi connectivity index (χ1) is 27.7. The van der Waals surface area contributed by atoms with Gasteiger partial charge in [-0.1, -0.05) is 140 Å². The Morgan fingerprint density at radius 3 is 1.73 bits per heavy atom. The van der Waals surface area contributed by atoms with Crippen LogP contribution in [0.4, 0.5) is 0 Å². The van der Waals surface area contributed by atoms with E-state index in [9.17, 15) is 0 Å². The molecular formula is C51H29N3O2. The number of nitrogens with zero attached hydrogens (tertiary/aromatic N) is 3. The normalized spacial score (nSPS) is 11.9. The Labute approximate surface area is 320 Å². The predicted molar refractivity (Wildman–Crippen MR) is 229 cm³/mol. The fourth-order valence-electron chi connectivity index (χ4n) is 8.47. The Morgan fingerprint density at radius 2 is 0.893 bits per heavy atom. The number of aromatic nitrogens is 3. The SMILES string of the molecule is c1ccc(-c2cccc(-c3nc(-c4ccc5c(ccc6ccc7ccc8c9ccccc9oc8c7c65)c4)nc(-c4cccc5oc6ccccc6c45)n3)c2)cc1. The molecule has 0 spiro atoms. The third-order valence-electron chi connectivity index (χ3n) is 11.1. The summed E-state index contributed by atoms with van der Waals surface area (Å²) in [6, 6.07) is 61.0. The molecule has 12 rings (SSSR count). The van der Waals surface area contributed by atoms with Crippen LogP contribution in [0.1, 0.15) is 0 Å². The lowest BCUT2D eigenvalue weighted by Gasteiger charge is -2.12. The fourth-order valence-corrected chi connectivity index (χ4v) is 8.47. The molecule has 0 saturated heterocycles. The number of benzene rings is 9. The van der Waals surface area contributed by atoms with Crippen molar-refractivity contribution in [2.75, 3.05) is 0 Å². The Balaban J connectivity index is 1.09. The molecule has 12 aromatic rings. The van der Waals surface area contributed by atoms with Crippen molar-refractivity contribution in [3.05, 3.63) is 176 Å². The van der Waals surface area contributed by atoms with Crippen LogP contribution in [0.5, 0.6) is 0 Å². The quantitative estimate of drug-likeness (QED) is 0.170. The van der Waals surface area contributed by atoms with Crippen molar-refractivity contribution in [3.8, 4) is 45.3 Å². The van der Waals surface area contributed by atoms with Gasteiger partial charge in [-0.3, -0.25) is 0 Å². The highest BCUT2D eigenvalue weighted by Gasteiger charge is 2.19. The number of hydrogen-bond acceptors (Lipinski definition) is 5. The van der Waals surface area contributed by atoms with Crippen LogP contribution in [-0.4, -0.2) is 15.0 Å². The summed E-state index contributed by atoms with van der Waals surface area (Å²) in [7, 11) is 0. The van der Waals surface area contributed by atoms with Crippen molar-refractivity contribution in [1.82, 2.24) is 15.0 Å². The molecule has 0 aliphatic rings. The predicted octanol–water partition coefficient (Wildman–Crippen LogP) is 13.8. The highest BCUT2D eigenvalue weighted by molar-refractivity contribution is 6.28. The average Bonchev–Trinajstić information content (AvgIpc) is 3.85. The van der Waals surface area contributed by atoms with E-state index in [0.29, 0.717) is 17.5 Å². The molecule has 0 bridgehead atoms. The van der Waals surface area contributed by atoms with Crippen LogP contribution in [0.25, 0.3) is 121 Å². The molecule has 260 valence electrons. The summed E-state index contributed by atoms with van der Waals surface area (Å²) in [5, 5.41) is 11.1. The number of hydrogen-bond donors (Lipinski definition) is 0. The highest BCUT2D eigenvalue weighted by atomic mass is 16.3. The molecule has 9 aromatic carbocycles. The van der Waals surface area contributed by atoms with E-state index in [0.717, 1.165) is 98.6 Å². The van der Waals surface area contributed by atoms with Crippen molar-refractivity contribution in [3.63, 3.8) is 0 Å². The van der Waals surface area contributed by atoms with E-state index in [1.165, 1.54) is 5.39 Å². The van der Waals surface area contributed by atoms with E-state index in [1.807, 2.05) is 48.5 Å². The van der Waals surface area contributed by atoms with Gasteiger partial charge >= 0.3 is 0 Å². The molecule has 3 heterocycles. The van der Waals surface area contributed by atoms with Crippen molar-refractivity contribution in [2.45, 2.75) is 0 Å². The second-order valence-electron chi connectivity index (χ2n) is 14.3. The van der Waals surface area contributed by atoms with Crippen LogP contribution in [0, 0.1) is 0 Å². The van der Waals surface area contributed by atoms with Crippen molar-refractivity contribution < 1.29 is 8.83 Å². The summed E-state index contributed by atoms with van der Waals surface area (Å²) < 4.78 is 12.9. The molecule has 0 fully saturated rings. The van der Waals surface area contributed by atoms with E-state index in [2.05, 4.69) is 127 Å². The number of fused-ring (bicyclic) bond motifs is 12. The van der Waals surface area contributed by atoms with Gasteiger partial charge in [-0.25, -0.2) is 15.0 Å². The van der Waals surface area contributed by atoms with Crippen molar-refractivity contribution >= 4 is 76.2 Å². The van der Waals surface area contributed by atoms with Gasteiger partial charge in [0.1, 0.15) is 22.3 Å². The van der Waals surface area contributed by atoms with Crippen LogP contribution < -0.4 is 0 Å². The zero-order valence-corrected chi connectivity index (χ0v) is 29.9. The van der Waals surface area contributed by atoms with E-state index < -0.39 is 0 Å². The molecule has 56 heavy (non-hydrogen) atoms. The molecule has 0 saturated carbocycles. The first-order valence-electron chi connectivity index (χ1n) is 18.8. The molecule has 5 nitrogen and oxygen atoms in total. The van der Waals surface area contributed by atoms with Crippen LogP contribution in [0.3, 0.4) is 0 Å². The lowest BCUT2D eigenvalue weighted by Crippen LogP contribution is -2.00. The smallest absolute Gasteiger partial charge is 0.164 e. The molecular weight excluding hydrogens is 687 g/mol. The monoisotopic (exact) mass is 715 g/mol. The molecule has 0 radical (unpaired) electrons. The minimum absolute atomic E-state index is 0.587. The van der Waals surface area contributed by atoms with Gasteiger partial charge < -0.3 is 8.83 Å². The molecule has 0 aliphatic carbocycles. The highest BCUT2D eigenvalue weighted by Crippen LogP contribution is 2.41. The van der Waals surface area contributed by atoms with Crippen LogP contribution in [0.2, 0.25) is 0 Å². The zero-order chi connectivity index (χ0) is 36.7. The third-order valence-corrected chi connectivity index (χ3v) is 11.1. The maximum atomic E-state index is 6.58. The maximum absolute atomic E-state index is 6.58. The number of rotatable bonds is 4. The van der Waals surface area contributed by atoms with Gasteiger partial charge in [-0.05, 0) is 69.1 Å². The second kappa shape index (κ2) is 11.9.